The van der Waals surface area contributed by atoms with E-state index in [4.69, 9.17) is 23.2 Å². The van der Waals surface area contributed by atoms with E-state index in [0.29, 0.717) is 11.6 Å². The van der Waals surface area contributed by atoms with Crippen molar-refractivity contribution < 1.29 is 0 Å². The third-order valence-electron chi connectivity index (χ3n) is 1.60. The second kappa shape index (κ2) is 5.15. The molecule has 0 atom stereocenters. The van der Waals surface area contributed by atoms with Gasteiger partial charge in [-0.25, -0.2) is 0 Å². The van der Waals surface area contributed by atoms with Crippen LogP contribution in [-0.2, 0) is 0 Å². The minimum absolute atomic E-state index is 0.564. The van der Waals surface area contributed by atoms with Gasteiger partial charge in [0.15, 0.2) is 0 Å². The number of halogens is 2. The van der Waals surface area contributed by atoms with Crippen molar-refractivity contribution in [1.29, 1.82) is 0 Å². The van der Waals surface area contributed by atoms with Crippen molar-refractivity contribution in [3.63, 3.8) is 0 Å². The van der Waals surface area contributed by atoms with Gasteiger partial charge in [0.2, 0.25) is 0 Å². The molecule has 70 valence electrons. The molecule has 3 heteroatoms. The first-order chi connectivity index (χ1) is 6.22. The molecule has 13 heavy (non-hydrogen) atoms. The van der Waals surface area contributed by atoms with Crippen LogP contribution in [0.15, 0.2) is 34.8 Å². The lowest BCUT2D eigenvalue weighted by Gasteiger charge is -2.05. The quantitative estimate of drug-likeness (QED) is 0.811. The third-order valence-corrected chi connectivity index (χ3v) is 2.22. The molecule has 0 aliphatic rings. The molecule has 0 amide bonds. The number of rotatable bonds is 3. The summed E-state index contributed by atoms with van der Waals surface area (Å²) in [6, 6.07) is 8.09. The van der Waals surface area contributed by atoms with Gasteiger partial charge in [-0.05, 0) is 24.6 Å². The summed E-state index contributed by atoms with van der Waals surface area (Å²) in [7, 11) is 0. The second-order valence-corrected chi connectivity index (χ2v) is 3.48. The fourth-order valence-electron chi connectivity index (χ4n) is 0.980. The largest absolute Gasteiger partial charge is 0.380 e. The number of benzene rings is 1. The maximum atomic E-state index is 5.72. The van der Waals surface area contributed by atoms with Crippen LogP contribution in [0.1, 0.15) is 5.56 Å². The number of hydrogen-bond acceptors (Lipinski definition) is 1. The molecule has 0 aliphatic heterocycles. The molecule has 0 unspecified atom stereocenters. The SMILES string of the molecule is Cc1cccc(NC/C(Cl)=C/Cl)c1. The summed E-state index contributed by atoms with van der Waals surface area (Å²) in [5, 5.41) is 3.75. The Morgan fingerprint density at radius 2 is 2.31 bits per heavy atom. The Morgan fingerprint density at radius 3 is 2.92 bits per heavy atom. The van der Waals surface area contributed by atoms with Crippen LogP contribution in [0, 0.1) is 6.92 Å². The molecular formula is C10H11Cl2N. The van der Waals surface area contributed by atoms with E-state index in [9.17, 15) is 0 Å². The Morgan fingerprint density at radius 1 is 1.54 bits per heavy atom. The van der Waals surface area contributed by atoms with Gasteiger partial charge >= 0.3 is 0 Å². The van der Waals surface area contributed by atoms with E-state index in [-0.39, 0.29) is 0 Å². The van der Waals surface area contributed by atoms with Gasteiger partial charge in [0.05, 0.1) is 6.54 Å². The number of aryl methyl sites for hydroxylation is 1. The molecule has 0 saturated heterocycles. The molecular weight excluding hydrogens is 205 g/mol. The molecule has 0 heterocycles. The molecule has 0 saturated carbocycles. The zero-order chi connectivity index (χ0) is 9.68. The zero-order valence-corrected chi connectivity index (χ0v) is 8.86. The van der Waals surface area contributed by atoms with Gasteiger partial charge in [0, 0.05) is 16.3 Å². The standard InChI is InChI=1S/C10H11Cl2N/c1-8-3-2-4-10(5-8)13-7-9(12)6-11/h2-6,13H,7H2,1H3/b9-6-. The highest BCUT2D eigenvalue weighted by molar-refractivity contribution is 6.36. The first-order valence-corrected chi connectivity index (χ1v) is 4.79. The second-order valence-electron chi connectivity index (χ2n) is 2.78. The Labute approximate surface area is 88.4 Å². The topological polar surface area (TPSA) is 12.0 Å². The van der Waals surface area contributed by atoms with Crippen LogP contribution in [-0.4, -0.2) is 6.54 Å². The molecule has 0 radical (unpaired) electrons. The summed E-state index contributed by atoms with van der Waals surface area (Å²) >= 11 is 11.1. The summed E-state index contributed by atoms with van der Waals surface area (Å²) in [5.74, 6) is 0. The smallest absolute Gasteiger partial charge is 0.0516 e. The molecule has 0 fully saturated rings. The predicted molar refractivity (Wildman–Crippen MR) is 59.5 cm³/mol. The van der Waals surface area contributed by atoms with Crippen LogP contribution in [0.4, 0.5) is 5.69 Å². The van der Waals surface area contributed by atoms with Gasteiger partial charge < -0.3 is 5.32 Å². The number of nitrogens with one attached hydrogen (secondary N) is 1. The molecule has 0 aromatic heterocycles. The van der Waals surface area contributed by atoms with Crippen molar-refractivity contribution in [2.45, 2.75) is 6.92 Å². The van der Waals surface area contributed by atoms with Crippen LogP contribution in [0.3, 0.4) is 0 Å². The minimum atomic E-state index is 0.564. The van der Waals surface area contributed by atoms with Crippen molar-refractivity contribution in [2.24, 2.45) is 0 Å². The van der Waals surface area contributed by atoms with Crippen molar-refractivity contribution in [3.05, 3.63) is 40.4 Å². The molecule has 1 nitrogen and oxygen atoms in total. The van der Waals surface area contributed by atoms with Gasteiger partial charge in [-0.3, -0.25) is 0 Å². The lowest BCUT2D eigenvalue weighted by Crippen LogP contribution is -2.00. The Hall–Kier alpha value is -0.660. The first-order valence-electron chi connectivity index (χ1n) is 3.97. The Balaban J connectivity index is 2.55. The van der Waals surface area contributed by atoms with Crippen molar-refractivity contribution in [3.8, 4) is 0 Å². The van der Waals surface area contributed by atoms with E-state index >= 15 is 0 Å². The first kappa shape index (κ1) is 10.4. The van der Waals surface area contributed by atoms with E-state index in [0.717, 1.165) is 5.69 Å². The average molecular weight is 216 g/mol. The molecule has 1 aromatic rings. The van der Waals surface area contributed by atoms with E-state index in [1.165, 1.54) is 11.1 Å². The molecule has 0 aliphatic carbocycles. The highest BCUT2D eigenvalue weighted by Gasteiger charge is 1.93. The van der Waals surface area contributed by atoms with Gasteiger partial charge in [-0.2, -0.15) is 0 Å². The molecule has 1 N–H and O–H groups in total. The van der Waals surface area contributed by atoms with Gasteiger partial charge in [-0.1, -0.05) is 35.3 Å². The predicted octanol–water partition coefficient (Wildman–Crippen LogP) is 3.73. The maximum Gasteiger partial charge on any atom is 0.0516 e. The van der Waals surface area contributed by atoms with Crippen molar-refractivity contribution in [1.82, 2.24) is 0 Å². The van der Waals surface area contributed by atoms with Crippen LogP contribution < -0.4 is 5.32 Å². The van der Waals surface area contributed by atoms with E-state index in [1.807, 2.05) is 25.1 Å². The molecule has 1 rings (SSSR count). The summed E-state index contributed by atoms with van der Waals surface area (Å²) in [6.45, 7) is 2.61. The summed E-state index contributed by atoms with van der Waals surface area (Å²) in [5.41, 5.74) is 3.64. The van der Waals surface area contributed by atoms with Gasteiger partial charge in [0.25, 0.3) is 0 Å². The van der Waals surface area contributed by atoms with Gasteiger partial charge in [-0.15, -0.1) is 0 Å². The third kappa shape index (κ3) is 3.71. The van der Waals surface area contributed by atoms with Crippen LogP contribution in [0.2, 0.25) is 0 Å². The zero-order valence-electron chi connectivity index (χ0n) is 7.35. The summed E-state index contributed by atoms with van der Waals surface area (Å²) in [6.07, 6.45) is 0. The van der Waals surface area contributed by atoms with Gasteiger partial charge in [0.1, 0.15) is 0 Å². The Bertz CT molecular complexity index is 308. The van der Waals surface area contributed by atoms with Crippen molar-refractivity contribution in [2.75, 3.05) is 11.9 Å². The summed E-state index contributed by atoms with van der Waals surface area (Å²) < 4.78 is 0. The molecule has 0 spiro atoms. The minimum Gasteiger partial charge on any atom is -0.380 e. The molecule has 1 aromatic carbocycles. The van der Waals surface area contributed by atoms with Crippen LogP contribution in [0.5, 0.6) is 0 Å². The lowest BCUT2D eigenvalue weighted by atomic mass is 10.2. The van der Waals surface area contributed by atoms with E-state index in [1.54, 1.807) is 0 Å². The number of hydrogen-bond donors (Lipinski definition) is 1. The van der Waals surface area contributed by atoms with E-state index < -0.39 is 0 Å². The van der Waals surface area contributed by atoms with E-state index in [2.05, 4.69) is 11.4 Å². The fourth-order valence-corrected chi connectivity index (χ4v) is 1.12. The maximum absolute atomic E-state index is 5.72. The van der Waals surface area contributed by atoms with Crippen molar-refractivity contribution >= 4 is 28.9 Å². The highest BCUT2D eigenvalue weighted by Crippen LogP contribution is 2.11. The number of anilines is 1. The fraction of sp³-hybridized carbons (Fsp3) is 0.200. The lowest BCUT2D eigenvalue weighted by molar-refractivity contribution is 1.30. The highest BCUT2D eigenvalue weighted by atomic mass is 35.5. The average Bonchev–Trinajstić information content (AvgIpc) is 2.14. The summed E-state index contributed by atoms with van der Waals surface area (Å²) in [4.78, 5) is 0. The van der Waals surface area contributed by atoms with Crippen LogP contribution >= 0.6 is 23.2 Å². The monoisotopic (exact) mass is 215 g/mol. The Kier molecular flexibility index (Phi) is 4.13. The normalized spacial score (nSPS) is 11.5. The van der Waals surface area contributed by atoms with Crippen LogP contribution in [0.25, 0.3) is 0 Å². The molecule has 0 bridgehead atoms.